The Bertz CT molecular complexity index is 773. The number of nitrogens with one attached hydrogen (secondary N) is 1. The number of benzene rings is 1. The SMILES string of the molecule is CNS(=O)(=O)c1cc(C(=O)N2CCCC(C(=O)O)C2)cc(C)c1C. The minimum atomic E-state index is -3.68. The number of aliphatic carboxylic acids is 1. The summed E-state index contributed by atoms with van der Waals surface area (Å²) in [6.07, 6.45) is 1.17. The molecular weight excluding hydrogens is 332 g/mol. The number of sulfonamides is 1. The fraction of sp³-hybridized carbons (Fsp3) is 0.500. The van der Waals surface area contributed by atoms with E-state index >= 15 is 0 Å². The van der Waals surface area contributed by atoms with Gasteiger partial charge in [0.1, 0.15) is 0 Å². The van der Waals surface area contributed by atoms with Crippen molar-refractivity contribution >= 4 is 21.9 Å². The summed E-state index contributed by atoms with van der Waals surface area (Å²) in [7, 11) is -2.36. The zero-order valence-electron chi connectivity index (χ0n) is 14.0. The third-order valence-electron chi connectivity index (χ3n) is 4.48. The van der Waals surface area contributed by atoms with Gasteiger partial charge in [-0.05, 0) is 57.0 Å². The Kier molecular flexibility index (Phi) is 5.29. The van der Waals surface area contributed by atoms with Gasteiger partial charge in [0.25, 0.3) is 5.91 Å². The monoisotopic (exact) mass is 354 g/mol. The van der Waals surface area contributed by atoms with Gasteiger partial charge >= 0.3 is 5.97 Å². The third-order valence-corrected chi connectivity index (χ3v) is 6.02. The molecule has 7 nitrogen and oxygen atoms in total. The van der Waals surface area contributed by atoms with Gasteiger partial charge in [-0.1, -0.05) is 0 Å². The third kappa shape index (κ3) is 3.59. The first-order valence-corrected chi connectivity index (χ1v) is 9.22. The fourth-order valence-corrected chi connectivity index (χ4v) is 3.95. The van der Waals surface area contributed by atoms with Crippen molar-refractivity contribution in [2.45, 2.75) is 31.6 Å². The minimum absolute atomic E-state index is 0.0696. The minimum Gasteiger partial charge on any atom is -0.481 e. The average molecular weight is 354 g/mol. The Morgan fingerprint density at radius 2 is 1.96 bits per heavy atom. The molecule has 8 heteroatoms. The molecule has 1 unspecified atom stereocenters. The molecule has 1 atom stereocenters. The van der Waals surface area contributed by atoms with Gasteiger partial charge < -0.3 is 10.0 Å². The molecule has 2 rings (SSSR count). The van der Waals surface area contributed by atoms with E-state index in [2.05, 4.69) is 4.72 Å². The first-order chi connectivity index (χ1) is 11.2. The van der Waals surface area contributed by atoms with Crippen molar-refractivity contribution in [2.75, 3.05) is 20.1 Å². The van der Waals surface area contributed by atoms with E-state index in [1.54, 1.807) is 19.9 Å². The number of hydrogen-bond acceptors (Lipinski definition) is 4. The van der Waals surface area contributed by atoms with Crippen LogP contribution in [0.2, 0.25) is 0 Å². The second-order valence-electron chi connectivity index (χ2n) is 6.05. The van der Waals surface area contributed by atoms with Gasteiger partial charge in [-0.15, -0.1) is 0 Å². The molecule has 0 saturated carbocycles. The lowest BCUT2D eigenvalue weighted by Gasteiger charge is -2.31. The van der Waals surface area contributed by atoms with Crippen molar-refractivity contribution < 1.29 is 23.1 Å². The molecule has 0 bridgehead atoms. The summed E-state index contributed by atoms with van der Waals surface area (Å²) in [6.45, 7) is 4.06. The number of carbonyl (C=O) groups excluding carboxylic acids is 1. The highest BCUT2D eigenvalue weighted by molar-refractivity contribution is 7.89. The maximum absolute atomic E-state index is 12.7. The number of carbonyl (C=O) groups is 2. The largest absolute Gasteiger partial charge is 0.481 e. The molecule has 1 aromatic carbocycles. The summed E-state index contributed by atoms with van der Waals surface area (Å²) in [5.74, 6) is -1.82. The standard InChI is InChI=1S/C16H22N2O5S/c1-10-7-13(8-14(11(10)2)24(22,23)17-3)15(19)18-6-4-5-12(9-18)16(20)21/h7-8,12,17H,4-6,9H2,1-3H3,(H,20,21). The molecule has 0 spiro atoms. The number of carboxylic acid groups (broad SMARTS) is 1. The van der Waals surface area contributed by atoms with E-state index in [9.17, 15) is 18.0 Å². The maximum atomic E-state index is 12.7. The summed E-state index contributed by atoms with van der Waals surface area (Å²) >= 11 is 0. The Morgan fingerprint density at radius 3 is 2.54 bits per heavy atom. The summed E-state index contributed by atoms with van der Waals surface area (Å²) in [5.41, 5.74) is 1.54. The number of piperidine rings is 1. The van der Waals surface area contributed by atoms with E-state index < -0.39 is 21.9 Å². The fourth-order valence-electron chi connectivity index (χ4n) is 2.89. The van der Waals surface area contributed by atoms with Gasteiger partial charge in [0, 0.05) is 18.7 Å². The van der Waals surface area contributed by atoms with E-state index in [1.807, 2.05) is 0 Å². The van der Waals surface area contributed by atoms with E-state index in [1.165, 1.54) is 18.0 Å². The lowest BCUT2D eigenvalue weighted by atomic mass is 9.97. The molecule has 2 N–H and O–H groups in total. The molecule has 1 saturated heterocycles. The summed E-state index contributed by atoms with van der Waals surface area (Å²) < 4.78 is 26.6. The molecule has 132 valence electrons. The van der Waals surface area contributed by atoms with Gasteiger partial charge in [-0.3, -0.25) is 9.59 Å². The molecule has 1 aromatic rings. The van der Waals surface area contributed by atoms with Crippen LogP contribution in [0.3, 0.4) is 0 Å². The molecular formula is C16H22N2O5S. The van der Waals surface area contributed by atoms with Gasteiger partial charge in [-0.25, -0.2) is 13.1 Å². The predicted octanol–water partition coefficient (Wildman–Crippen LogP) is 1.15. The van der Waals surface area contributed by atoms with Crippen molar-refractivity contribution in [1.82, 2.24) is 9.62 Å². The van der Waals surface area contributed by atoms with E-state index in [-0.39, 0.29) is 22.9 Å². The Morgan fingerprint density at radius 1 is 1.29 bits per heavy atom. The average Bonchev–Trinajstić information content (AvgIpc) is 2.56. The number of likely N-dealkylation sites (tertiary alicyclic amines) is 1. The second kappa shape index (κ2) is 6.90. The molecule has 1 aliphatic heterocycles. The van der Waals surface area contributed by atoms with Crippen LogP contribution in [0.15, 0.2) is 17.0 Å². The number of nitrogens with zero attached hydrogens (tertiary/aromatic N) is 1. The first-order valence-electron chi connectivity index (χ1n) is 7.74. The van der Waals surface area contributed by atoms with Crippen molar-refractivity contribution in [2.24, 2.45) is 5.92 Å². The van der Waals surface area contributed by atoms with Gasteiger partial charge in [0.15, 0.2) is 0 Å². The quantitative estimate of drug-likeness (QED) is 0.844. The predicted molar refractivity (Wildman–Crippen MR) is 88.4 cm³/mol. The molecule has 0 radical (unpaired) electrons. The highest BCUT2D eigenvalue weighted by Gasteiger charge is 2.29. The normalized spacial score (nSPS) is 18.5. The van der Waals surface area contributed by atoms with Gasteiger partial charge in [-0.2, -0.15) is 0 Å². The lowest BCUT2D eigenvalue weighted by molar-refractivity contribution is -0.143. The first kappa shape index (κ1) is 18.4. The van der Waals surface area contributed by atoms with Crippen molar-refractivity contribution in [3.8, 4) is 0 Å². The zero-order valence-corrected chi connectivity index (χ0v) is 14.8. The van der Waals surface area contributed by atoms with Crippen LogP contribution in [0, 0.1) is 19.8 Å². The van der Waals surface area contributed by atoms with Crippen molar-refractivity contribution in [3.05, 3.63) is 28.8 Å². The summed E-state index contributed by atoms with van der Waals surface area (Å²) in [5, 5.41) is 9.15. The lowest BCUT2D eigenvalue weighted by Crippen LogP contribution is -2.42. The number of amides is 1. The molecule has 1 fully saturated rings. The van der Waals surface area contributed by atoms with Crippen molar-refractivity contribution in [3.63, 3.8) is 0 Å². The maximum Gasteiger partial charge on any atom is 0.308 e. The van der Waals surface area contributed by atoms with E-state index in [4.69, 9.17) is 5.11 Å². The number of rotatable bonds is 4. The molecule has 1 aliphatic rings. The zero-order chi connectivity index (χ0) is 18.1. The molecule has 0 aliphatic carbocycles. The van der Waals surface area contributed by atoms with Crippen molar-refractivity contribution in [1.29, 1.82) is 0 Å². The Labute approximate surface area is 141 Å². The second-order valence-corrected chi connectivity index (χ2v) is 7.91. The molecule has 24 heavy (non-hydrogen) atoms. The van der Waals surface area contributed by atoms with E-state index in [0.29, 0.717) is 30.5 Å². The van der Waals surface area contributed by atoms with E-state index in [0.717, 1.165) is 0 Å². The smallest absolute Gasteiger partial charge is 0.308 e. The highest BCUT2D eigenvalue weighted by atomic mass is 32.2. The number of aryl methyl sites for hydroxylation is 1. The van der Waals surface area contributed by atoms with Crippen LogP contribution in [-0.2, 0) is 14.8 Å². The van der Waals surface area contributed by atoms with Crippen LogP contribution in [0.1, 0.15) is 34.3 Å². The summed E-state index contributed by atoms with van der Waals surface area (Å²) in [6, 6.07) is 3.01. The topological polar surface area (TPSA) is 104 Å². The van der Waals surface area contributed by atoms with Crippen LogP contribution in [0.4, 0.5) is 0 Å². The highest BCUT2D eigenvalue weighted by Crippen LogP contribution is 2.24. The number of carboxylic acids is 1. The summed E-state index contributed by atoms with van der Waals surface area (Å²) in [4.78, 5) is 25.4. The van der Waals surface area contributed by atoms with Gasteiger partial charge in [0.05, 0.1) is 10.8 Å². The molecule has 1 heterocycles. The Balaban J connectivity index is 2.38. The Hall–Kier alpha value is -1.93. The van der Waals surface area contributed by atoms with Crippen LogP contribution in [-0.4, -0.2) is 50.4 Å². The number of hydrogen-bond donors (Lipinski definition) is 2. The van der Waals surface area contributed by atoms with Crippen LogP contribution in [0.5, 0.6) is 0 Å². The molecule has 0 aromatic heterocycles. The van der Waals surface area contributed by atoms with Crippen LogP contribution < -0.4 is 4.72 Å². The molecule has 1 amide bonds. The van der Waals surface area contributed by atoms with Crippen LogP contribution >= 0.6 is 0 Å². The van der Waals surface area contributed by atoms with Gasteiger partial charge in [0.2, 0.25) is 10.0 Å². The van der Waals surface area contributed by atoms with Crippen LogP contribution in [0.25, 0.3) is 0 Å².